The fourth-order valence-electron chi connectivity index (χ4n) is 1.40. The van der Waals surface area contributed by atoms with Gasteiger partial charge in [-0.2, -0.15) is 0 Å². The van der Waals surface area contributed by atoms with Crippen LogP contribution >= 0.6 is 0 Å². The van der Waals surface area contributed by atoms with E-state index in [-0.39, 0.29) is 11.9 Å². The highest BCUT2D eigenvalue weighted by Gasteiger charge is 1.97. The Morgan fingerprint density at radius 3 is 2.56 bits per heavy atom. The van der Waals surface area contributed by atoms with Crippen molar-refractivity contribution in [2.45, 2.75) is 33.2 Å². The van der Waals surface area contributed by atoms with Gasteiger partial charge in [0.2, 0.25) is 5.91 Å². The lowest BCUT2D eigenvalue weighted by Crippen LogP contribution is -2.28. The fraction of sp³-hybridized carbons (Fsp3) is 0.400. The molecule has 0 spiro atoms. The lowest BCUT2D eigenvalue weighted by atomic mass is 10.2. The smallest absolute Gasteiger partial charge is 0.244 e. The van der Waals surface area contributed by atoms with Gasteiger partial charge in [-0.05, 0) is 44.0 Å². The van der Waals surface area contributed by atoms with E-state index in [2.05, 4.69) is 12.2 Å². The van der Waals surface area contributed by atoms with Crippen molar-refractivity contribution in [3.63, 3.8) is 0 Å². The molecule has 0 saturated carbocycles. The van der Waals surface area contributed by atoms with Crippen molar-refractivity contribution in [1.29, 1.82) is 0 Å². The Labute approximate surface area is 109 Å². The monoisotopic (exact) mass is 247 g/mol. The van der Waals surface area contributed by atoms with Crippen molar-refractivity contribution in [1.82, 2.24) is 5.32 Å². The van der Waals surface area contributed by atoms with Gasteiger partial charge in [0.25, 0.3) is 0 Å². The first-order valence-corrected chi connectivity index (χ1v) is 6.33. The molecule has 0 unspecified atom stereocenters. The second-order valence-electron chi connectivity index (χ2n) is 4.41. The molecule has 0 atom stereocenters. The lowest BCUT2D eigenvalue weighted by molar-refractivity contribution is -0.116. The molecule has 0 radical (unpaired) electrons. The van der Waals surface area contributed by atoms with Gasteiger partial charge in [0, 0.05) is 12.1 Å². The summed E-state index contributed by atoms with van der Waals surface area (Å²) in [6.07, 6.45) is 4.33. The van der Waals surface area contributed by atoms with Gasteiger partial charge >= 0.3 is 0 Å². The third-order valence-corrected chi connectivity index (χ3v) is 2.21. The number of carbonyl (C=O) groups is 1. The largest absolute Gasteiger partial charge is 0.494 e. The van der Waals surface area contributed by atoms with Crippen LogP contribution in [0.3, 0.4) is 0 Å². The van der Waals surface area contributed by atoms with Crippen LogP contribution in [0.5, 0.6) is 5.75 Å². The van der Waals surface area contributed by atoms with E-state index in [0.29, 0.717) is 0 Å². The Morgan fingerprint density at radius 1 is 1.33 bits per heavy atom. The predicted octanol–water partition coefficient (Wildman–Crippen LogP) is 3.01. The molecule has 0 aliphatic rings. The van der Waals surface area contributed by atoms with E-state index >= 15 is 0 Å². The van der Waals surface area contributed by atoms with Crippen molar-refractivity contribution < 1.29 is 9.53 Å². The van der Waals surface area contributed by atoms with E-state index in [1.165, 1.54) is 0 Å². The van der Waals surface area contributed by atoms with E-state index < -0.39 is 0 Å². The SMILES string of the molecule is CCCOc1ccc(C=CC(=O)NC(C)C)cc1. The minimum Gasteiger partial charge on any atom is -0.494 e. The average Bonchev–Trinajstić information content (AvgIpc) is 2.34. The molecular weight excluding hydrogens is 226 g/mol. The zero-order valence-corrected chi connectivity index (χ0v) is 11.3. The Kier molecular flexibility index (Phi) is 5.98. The van der Waals surface area contributed by atoms with Gasteiger partial charge in [0.05, 0.1) is 6.61 Å². The number of hydrogen-bond acceptors (Lipinski definition) is 2. The maximum absolute atomic E-state index is 11.4. The average molecular weight is 247 g/mol. The molecule has 0 heterocycles. The summed E-state index contributed by atoms with van der Waals surface area (Å²) in [5.74, 6) is 0.789. The number of hydrogen-bond donors (Lipinski definition) is 1. The number of benzene rings is 1. The van der Waals surface area contributed by atoms with Crippen LogP contribution in [0.2, 0.25) is 0 Å². The van der Waals surface area contributed by atoms with Gasteiger partial charge in [-0.3, -0.25) is 4.79 Å². The molecule has 1 aromatic carbocycles. The highest BCUT2D eigenvalue weighted by molar-refractivity contribution is 5.91. The highest BCUT2D eigenvalue weighted by Crippen LogP contribution is 2.13. The molecule has 3 heteroatoms. The summed E-state index contributed by atoms with van der Waals surface area (Å²) < 4.78 is 5.48. The quantitative estimate of drug-likeness (QED) is 0.785. The van der Waals surface area contributed by atoms with Gasteiger partial charge in [-0.15, -0.1) is 0 Å². The molecule has 1 aromatic rings. The molecule has 18 heavy (non-hydrogen) atoms. The minimum atomic E-state index is -0.0729. The van der Waals surface area contributed by atoms with Gasteiger partial charge in [0.1, 0.15) is 5.75 Å². The Balaban J connectivity index is 2.52. The second kappa shape index (κ2) is 7.54. The van der Waals surface area contributed by atoms with Crippen LogP contribution < -0.4 is 10.1 Å². The Bertz CT molecular complexity index is 393. The molecule has 0 aliphatic carbocycles. The van der Waals surface area contributed by atoms with Crippen LogP contribution in [0.25, 0.3) is 6.08 Å². The molecule has 0 aliphatic heterocycles. The van der Waals surface area contributed by atoms with E-state index in [1.54, 1.807) is 12.2 Å². The van der Waals surface area contributed by atoms with Crippen LogP contribution in [0, 0.1) is 0 Å². The van der Waals surface area contributed by atoms with Crippen molar-refractivity contribution in [2.75, 3.05) is 6.61 Å². The Hall–Kier alpha value is -1.77. The molecule has 0 bridgehead atoms. The van der Waals surface area contributed by atoms with E-state index in [4.69, 9.17) is 4.74 Å². The van der Waals surface area contributed by atoms with Gasteiger partial charge < -0.3 is 10.1 Å². The lowest BCUT2D eigenvalue weighted by Gasteiger charge is -2.05. The van der Waals surface area contributed by atoms with Crippen molar-refractivity contribution in [3.05, 3.63) is 35.9 Å². The van der Waals surface area contributed by atoms with Crippen LogP contribution in [0.15, 0.2) is 30.3 Å². The zero-order chi connectivity index (χ0) is 13.4. The van der Waals surface area contributed by atoms with Gasteiger partial charge in [-0.1, -0.05) is 19.1 Å². The molecule has 1 N–H and O–H groups in total. The minimum absolute atomic E-state index is 0.0729. The molecule has 1 amide bonds. The van der Waals surface area contributed by atoms with Crippen molar-refractivity contribution in [2.24, 2.45) is 0 Å². The first-order valence-electron chi connectivity index (χ1n) is 6.33. The molecule has 1 rings (SSSR count). The zero-order valence-electron chi connectivity index (χ0n) is 11.3. The van der Waals surface area contributed by atoms with E-state index in [9.17, 15) is 4.79 Å². The summed E-state index contributed by atoms with van der Waals surface area (Å²) in [4.78, 5) is 11.4. The molecule has 0 aromatic heterocycles. The van der Waals surface area contributed by atoms with Crippen LogP contribution in [0.1, 0.15) is 32.8 Å². The van der Waals surface area contributed by atoms with Crippen LogP contribution in [-0.2, 0) is 4.79 Å². The molecule has 3 nitrogen and oxygen atoms in total. The normalized spacial score (nSPS) is 10.9. The van der Waals surface area contributed by atoms with Crippen LogP contribution in [0.4, 0.5) is 0 Å². The van der Waals surface area contributed by atoms with Gasteiger partial charge in [0.15, 0.2) is 0 Å². The summed E-state index contributed by atoms with van der Waals surface area (Å²) >= 11 is 0. The third-order valence-electron chi connectivity index (χ3n) is 2.21. The number of nitrogens with one attached hydrogen (secondary N) is 1. The third kappa shape index (κ3) is 5.53. The molecule has 98 valence electrons. The molecular formula is C15H21NO2. The summed E-state index contributed by atoms with van der Waals surface area (Å²) in [5, 5.41) is 2.80. The van der Waals surface area contributed by atoms with Crippen LogP contribution in [-0.4, -0.2) is 18.6 Å². The standard InChI is InChI=1S/C15H21NO2/c1-4-11-18-14-8-5-13(6-9-14)7-10-15(17)16-12(2)3/h5-10,12H,4,11H2,1-3H3,(H,16,17). The number of amides is 1. The number of ether oxygens (including phenoxy) is 1. The maximum atomic E-state index is 11.4. The summed E-state index contributed by atoms with van der Waals surface area (Å²) in [7, 11) is 0. The van der Waals surface area contributed by atoms with E-state index in [1.807, 2.05) is 38.1 Å². The van der Waals surface area contributed by atoms with Gasteiger partial charge in [-0.25, -0.2) is 0 Å². The first kappa shape index (κ1) is 14.3. The Morgan fingerprint density at radius 2 is 2.00 bits per heavy atom. The first-order chi connectivity index (χ1) is 8.61. The predicted molar refractivity (Wildman–Crippen MR) is 74.5 cm³/mol. The summed E-state index contributed by atoms with van der Waals surface area (Å²) in [6, 6.07) is 7.85. The highest BCUT2D eigenvalue weighted by atomic mass is 16.5. The van der Waals surface area contributed by atoms with Crippen molar-refractivity contribution >= 4 is 12.0 Å². The maximum Gasteiger partial charge on any atom is 0.244 e. The fourth-order valence-corrected chi connectivity index (χ4v) is 1.40. The summed E-state index contributed by atoms with van der Waals surface area (Å²) in [5.41, 5.74) is 0.984. The molecule has 0 fully saturated rings. The van der Waals surface area contributed by atoms with Crippen molar-refractivity contribution in [3.8, 4) is 5.75 Å². The summed E-state index contributed by atoms with van der Waals surface area (Å²) in [6.45, 7) is 6.67. The second-order valence-corrected chi connectivity index (χ2v) is 4.41. The number of rotatable bonds is 6. The number of carbonyl (C=O) groups excluding carboxylic acids is 1. The molecule has 0 saturated heterocycles. The topological polar surface area (TPSA) is 38.3 Å². The van der Waals surface area contributed by atoms with E-state index in [0.717, 1.165) is 24.3 Å².